The van der Waals surface area contributed by atoms with Gasteiger partial charge in [0.15, 0.2) is 0 Å². The standard InChI is InChI=1S/C17H18O3.C5H6O4/c1-2-3-7-15(12-14-8-5-4-6-9-14)13-16(10-11-18)17(19)20;1-3(5(8)9)2-4(6)7/h2-9,12-13,18H,1,10-11H2,(H,19,20);1-2H2,(H,6,7)(H,8,9). The molecular weight excluding hydrogens is 376 g/mol. The lowest BCUT2D eigenvalue weighted by molar-refractivity contribution is -0.139. The van der Waals surface area contributed by atoms with Gasteiger partial charge < -0.3 is 20.4 Å². The first kappa shape index (κ1) is 25.3. The van der Waals surface area contributed by atoms with Crippen LogP contribution in [0, 0.1) is 0 Å². The first-order valence-corrected chi connectivity index (χ1v) is 8.44. The van der Waals surface area contributed by atoms with Gasteiger partial charge in [-0.05, 0) is 23.3 Å². The summed E-state index contributed by atoms with van der Waals surface area (Å²) in [7, 11) is 0. The minimum atomic E-state index is -1.27. The van der Waals surface area contributed by atoms with Gasteiger partial charge in [-0.25, -0.2) is 9.59 Å². The Morgan fingerprint density at radius 1 is 1.00 bits per heavy atom. The van der Waals surface area contributed by atoms with Crippen molar-refractivity contribution < 1.29 is 34.8 Å². The highest BCUT2D eigenvalue weighted by Gasteiger charge is 2.07. The summed E-state index contributed by atoms with van der Waals surface area (Å²) in [5.74, 6) is -3.47. The van der Waals surface area contributed by atoms with Crippen LogP contribution in [0.25, 0.3) is 6.08 Å². The molecule has 0 saturated heterocycles. The Morgan fingerprint density at radius 3 is 2.03 bits per heavy atom. The highest BCUT2D eigenvalue weighted by molar-refractivity contribution is 5.91. The molecule has 0 amide bonds. The summed E-state index contributed by atoms with van der Waals surface area (Å²) >= 11 is 0. The molecule has 29 heavy (non-hydrogen) atoms. The average Bonchev–Trinajstić information content (AvgIpc) is 2.66. The van der Waals surface area contributed by atoms with Gasteiger partial charge in [0.1, 0.15) is 0 Å². The van der Waals surface area contributed by atoms with Gasteiger partial charge in [-0.3, -0.25) is 4.79 Å². The van der Waals surface area contributed by atoms with Crippen LogP contribution in [0.3, 0.4) is 0 Å². The second kappa shape index (κ2) is 14.4. The highest BCUT2D eigenvalue weighted by atomic mass is 16.4. The molecule has 0 aromatic heterocycles. The number of aliphatic hydroxyl groups is 1. The molecule has 0 aliphatic carbocycles. The van der Waals surface area contributed by atoms with Gasteiger partial charge in [0, 0.05) is 24.2 Å². The van der Waals surface area contributed by atoms with Gasteiger partial charge in [0.2, 0.25) is 0 Å². The molecule has 7 nitrogen and oxygen atoms in total. The number of aliphatic hydroxyl groups excluding tert-OH is 1. The van der Waals surface area contributed by atoms with Crippen LogP contribution < -0.4 is 0 Å². The van der Waals surface area contributed by atoms with E-state index < -0.39 is 24.3 Å². The van der Waals surface area contributed by atoms with Crippen LogP contribution in [-0.4, -0.2) is 44.9 Å². The van der Waals surface area contributed by atoms with Crippen molar-refractivity contribution in [2.45, 2.75) is 12.8 Å². The number of hydrogen-bond donors (Lipinski definition) is 4. The summed E-state index contributed by atoms with van der Waals surface area (Å²) in [6.45, 7) is 6.42. The van der Waals surface area contributed by atoms with Crippen molar-refractivity contribution in [2.24, 2.45) is 0 Å². The largest absolute Gasteiger partial charge is 0.481 e. The van der Waals surface area contributed by atoms with Gasteiger partial charge in [0.25, 0.3) is 0 Å². The quantitative estimate of drug-likeness (QED) is 0.350. The third-order valence-electron chi connectivity index (χ3n) is 3.22. The van der Waals surface area contributed by atoms with Gasteiger partial charge in [0.05, 0.1) is 6.42 Å². The van der Waals surface area contributed by atoms with Crippen molar-refractivity contribution in [3.05, 3.63) is 90.1 Å². The molecule has 1 aromatic carbocycles. The van der Waals surface area contributed by atoms with Crippen LogP contribution >= 0.6 is 0 Å². The predicted molar refractivity (Wildman–Crippen MR) is 110 cm³/mol. The maximum absolute atomic E-state index is 11.1. The first-order valence-electron chi connectivity index (χ1n) is 8.44. The molecule has 0 unspecified atom stereocenters. The van der Waals surface area contributed by atoms with E-state index in [9.17, 15) is 14.4 Å². The Hall–Kier alpha value is -3.71. The van der Waals surface area contributed by atoms with Crippen LogP contribution in [0.5, 0.6) is 0 Å². The number of allylic oxidation sites excluding steroid dienone is 5. The van der Waals surface area contributed by atoms with Crippen LogP contribution in [0.1, 0.15) is 18.4 Å². The second-order valence-corrected chi connectivity index (χ2v) is 5.58. The van der Waals surface area contributed by atoms with Crippen molar-refractivity contribution in [3.8, 4) is 0 Å². The van der Waals surface area contributed by atoms with Crippen molar-refractivity contribution in [1.82, 2.24) is 0 Å². The van der Waals surface area contributed by atoms with Crippen LogP contribution in [-0.2, 0) is 14.4 Å². The Morgan fingerprint density at radius 2 is 1.62 bits per heavy atom. The average molecular weight is 400 g/mol. The van der Waals surface area contributed by atoms with Crippen molar-refractivity contribution in [2.75, 3.05) is 6.61 Å². The topological polar surface area (TPSA) is 132 Å². The number of aliphatic carboxylic acids is 3. The molecule has 4 N–H and O–H groups in total. The summed E-state index contributed by atoms with van der Waals surface area (Å²) < 4.78 is 0. The number of carboxylic acid groups (broad SMARTS) is 3. The van der Waals surface area contributed by atoms with E-state index in [0.717, 1.165) is 11.1 Å². The zero-order valence-electron chi connectivity index (χ0n) is 15.8. The van der Waals surface area contributed by atoms with E-state index >= 15 is 0 Å². The summed E-state index contributed by atoms with van der Waals surface area (Å²) in [5, 5.41) is 34.1. The molecule has 0 radical (unpaired) electrons. The molecular formula is C22H24O7. The van der Waals surface area contributed by atoms with Gasteiger partial charge in [-0.15, -0.1) is 0 Å². The molecule has 1 rings (SSSR count). The van der Waals surface area contributed by atoms with E-state index in [1.54, 1.807) is 24.3 Å². The first-order chi connectivity index (χ1) is 13.7. The second-order valence-electron chi connectivity index (χ2n) is 5.58. The lowest BCUT2D eigenvalue weighted by atomic mass is 10.1. The zero-order chi connectivity index (χ0) is 22.2. The molecule has 0 spiro atoms. The van der Waals surface area contributed by atoms with Gasteiger partial charge in [-0.1, -0.05) is 61.7 Å². The van der Waals surface area contributed by atoms with Gasteiger partial charge >= 0.3 is 17.9 Å². The molecule has 0 fully saturated rings. The summed E-state index contributed by atoms with van der Waals surface area (Å²) in [5.41, 5.74) is 1.58. The molecule has 1 aromatic rings. The maximum Gasteiger partial charge on any atom is 0.331 e. The molecule has 154 valence electrons. The summed E-state index contributed by atoms with van der Waals surface area (Å²) in [4.78, 5) is 30.8. The van der Waals surface area contributed by atoms with E-state index in [1.807, 2.05) is 36.4 Å². The minimum absolute atomic E-state index is 0.114. The lowest BCUT2D eigenvalue weighted by Crippen LogP contribution is -2.04. The Bertz CT molecular complexity index is 815. The van der Waals surface area contributed by atoms with Crippen molar-refractivity contribution in [3.63, 3.8) is 0 Å². The van der Waals surface area contributed by atoms with E-state index in [0.29, 0.717) is 0 Å². The highest BCUT2D eigenvalue weighted by Crippen LogP contribution is 2.13. The number of carbonyl (C=O) groups is 3. The number of benzene rings is 1. The SMILES string of the molecule is C=C(CC(=O)O)C(=O)O.C=CC=CC(=Cc1ccccc1)C=C(CCO)C(=O)O. The molecule has 0 bridgehead atoms. The molecule has 7 heteroatoms. The fraction of sp³-hybridized carbons (Fsp3) is 0.136. The molecule has 0 atom stereocenters. The lowest BCUT2D eigenvalue weighted by Gasteiger charge is -2.02. The third-order valence-corrected chi connectivity index (χ3v) is 3.22. The fourth-order valence-electron chi connectivity index (χ4n) is 1.88. The zero-order valence-corrected chi connectivity index (χ0v) is 15.8. The molecule has 0 aliphatic rings. The monoisotopic (exact) mass is 400 g/mol. The van der Waals surface area contributed by atoms with Crippen LogP contribution in [0.15, 0.2) is 84.5 Å². The van der Waals surface area contributed by atoms with Crippen molar-refractivity contribution >= 4 is 24.0 Å². The normalized spacial score (nSPS) is 11.3. The van der Waals surface area contributed by atoms with Gasteiger partial charge in [-0.2, -0.15) is 0 Å². The third kappa shape index (κ3) is 12.3. The molecule has 0 saturated carbocycles. The van der Waals surface area contributed by atoms with E-state index in [1.165, 1.54) is 0 Å². The number of carboxylic acids is 3. The number of hydrogen-bond acceptors (Lipinski definition) is 4. The summed E-state index contributed by atoms with van der Waals surface area (Å²) in [6, 6.07) is 9.61. The van der Waals surface area contributed by atoms with Crippen LogP contribution in [0.4, 0.5) is 0 Å². The minimum Gasteiger partial charge on any atom is -0.481 e. The number of rotatable bonds is 10. The van der Waals surface area contributed by atoms with E-state index in [4.69, 9.17) is 20.4 Å². The van der Waals surface area contributed by atoms with Crippen molar-refractivity contribution in [1.29, 1.82) is 0 Å². The maximum atomic E-state index is 11.1. The Labute approximate surface area is 168 Å². The van der Waals surface area contributed by atoms with E-state index in [-0.39, 0.29) is 24.2 Å². The fourth-order valence-corrected chi connectivity index (χ4v) is 1.88. The van der Waals surface area contributed by atoms with Crippen LogP contribution in [0.2, 0.25) is 0 Å². The predicted octanol–water partition coefficient (Wildman–Crippen LogP) is 3.31. The molecule has 0 heterocycles. The smallest absolute Gasteiger partial charge is 0.331 e. The Kier molecular flexibility index (Phi) is 12.5. The molecule has 0 aliphatic heterocycles. The van der Waals surface area contributed by atoms with E-state index in [2.05, 4.69) is 13.2 Å². The Balaban J connectivity index is 0.000000734. The summed E-state index contributed by atoms with van der Waals surface area (Å²) in [6.07, 6.45) is 8.19.